The number of para-hydroxylation sites is 1. The molecular weight excluding hydrogens is 356 g/mol. The molecule has 0 spiro atoms. The van der Waals surface area contributed by atoms with Gasteiger partial charge in [-0.1, -0.05) is 24.3 Å². The molecule has 1 heterocycles. The van der Waals surface area contributed by atoms with Gasteiger partial charge in [-0.2, -0.15) is 0 Å². The van der Waals surface area contributed by atoms with E-state index >= 15 is 0 Å². The number of ether oxygens (including phenoxy) is 2. The quantitative estimate of drug-likeness (QED) is 0.680. The molecule has 1 N–H and O–H groups in total. The summed E-state index contributed by atoms with van der Waals surface area (Å²) >= 11 is 0. The first-order chi connectivity index (χ1) is 13.6. The summed E-state index contributed by atoms with van der Waals surface area (Å²) in [5.41, 5.74) is 2.13. The van der Waals surface area contributed by atoms with Gasteiger partial charge in [0.25, 0.3) is 5.91 Å². The van der Waals surface area contributed by atoms with Crippen LogP contribution in [0.5, 0.6) is 11.5 Å². The fraction of sp³-hybridized carbons (Fsp3) is 0.190. The summed E-state index contributed by atoms with van der Waals surface area (Å²) in [6.07, 6.45) is 0. The van der Waals surface area contributed by atoms with Gasteiger partial charge in [-0.05, 0) is 42.0 Å². The lowest BCUT2D eigenvalue weighted by molar-refractivity contribution is 0.0945. The van der Waals surface area contributed by atoms with E-state index in [0.29, 0.717) is 23.9 Å². The fourth-order valence-corrected chi connectivity index (χ4v) is 2.67. The molecule has 0 unspecified atom stereocenters. The van der Waals surface area contributed by atoms with Gasteiger partial charge in [0.1, 0.15) is 0 Å². The molecule has 0 aliphatic heterocycles. The van der Waals surface area contributed by atoms with Crippen LogP contribution in [0.1, 0.15) is 16.1 Å². The molecule has 7 heteroatoms. The number of nitrogens with one attached hydrogen (secondary N) is 1. The Morgan fingerprint density at radius 1 is 0.964 bits per heavy atom. The third-order valence-electron chi connectivity index (χ3n) is 4.27. The molecule has 3 aromatic rings. The van der Waals surface area contributed by atoms with Gasteiger partial charge < -0.3 is 19.7 Å². The Kier molecular flexibility index (Phi) is 6.06. The molecule has 1 aromatic heterocycles. The smallest absolute Gasteiger partial charge is 0.272 e. The van der Waals surface area contributed by atoms with Gasteiger partial charge in [-0.15, -0.1) is 10.2 Å². The van der Waals surface area contributed by atoms with Crippen molar-refractivity contribution in [3.63, 3.8) is 0 Å². The van der Waals surface area contributed by atoms with Crippen molar-refractivity contribution < 1.29 is 14.3 Å². The number of rotatable bonds is 7. The molecule has 0 fully saturated rings. The highest BCUT2D eigenvalue weighted by molar-refractivity contribution is 5.92. The van der Waals surface area contributed by atoms with Gasteiger partial charge in [-0.25, -0.2) is 0 Å². The lowest BCUT2D eigenvalue weighted by Gasteiger charge is -2.17. The molecule has 0 atom stereocenters. The number of hydrogen-bond acceptors (Lipinski definition) is 6. The largest absolute Gasteiger partial charge is 0.493 e. The van der Waals surface area contributed by atoms with Gasteiger partial charge >= 0.3 is 0 Å². The van der Waals surface area contributed by atoms with E-state index < -0.39 is 0 Å². The highest BCUT2D eigenvalue weighted by Crippen LogP contribution is 2.27. The molecule has 2 aromatic carbocycles. The van der Waals surface area contributed by atoms with Gasteiger partial charge in [0.2, 0.25) is 0 Å². The van der Waals surface area contributed by atoms with E-state index in [1.54, 1.807) is 32.4 Å². The molecule has 28 heavy (non-hydrogen) atoms. The van der Waals surface area contributed by atoms with E-state index in [1.807, 2.05) is 54.4 Å². The maximum atomic E-state index is 12.4. The zero-order chi connectivity index (χ0) is 19.9. The summed E-state index contributed by atoms with van der Waals surface area (Å²) in [7, 11) is 5.05. The fourth-order valence-electron chi connectivity index (χ4n) is 2.67. The van der Waals surface area contributed by atoms with Crippen molar-refractivity contribution >= 4 is 17.4 Å². The van der Waals surface area contributed by atoms with Crippen molar-refractivity contribution in [2.45, 2.75) is 6.54 Å². The molecule has 0 bridgehead atoms. The summed E-state index contributed by atoms with van der Waals surface area (Å²) < 4.78 is 10.5. The first-order valence-corrected chi connectivity index (χ1v) is 8.74. The molecule has 1 amide bonds. The Hall–Kier alpha value is -3.61. The Labute approximate surface area is 163 Å². The van der Waals surface area contributed by atoms with E-state index in [4.69, 9.17) is 9.47 Å². The third kappa shape index (κ3) is 4.37. The SMILES string of the molecule is COc1ccc(CNC(=O)c2ccc(N(C)c3ccccc3)nn2)cc1OC. The summed E-state index contributed by atoms with van der Waals surface area (Å²) in [6.45, 7) is 0.340. The van der Waals surface area contributed by atoms with Crippen molar-refractivity contribution in [2.24, 2.45) is 0 Å². The predicted molar refractivity (Wildman–Crippen MR) is 107 cm³/mol. The second-order valence-electron chi connectivity index (χ2n) is 6.04. The summed E-state index contributed by atoms with van der Waals surface area (Å²) in [6, 6.07) is 18.7. The number of hydrogen-bond donors (Lipinski definition) is 1. The second kappa shape index (κ2) is 8.85. The number of nitrogens with zero attached hydrogens (tertiary/aromatic N) is 3. The molecule has 7 nitrogen and oxygen atoms in total. The zero-order valence-corrected chi connectivity index (χ0v) is 16.0. The zero-order valence-electron chi connectivity index (χ0n) is 16.0. The highest BCUT2D eigenvalue weighted by atomic mass is 16.5. The van der Waals surface area contributed by atoms with Gasteiger partial charge in [0, 0.05) is 19.3 Å². The van der Waals surface area contributed by atoms with E-state index in [-0.39, 0.29) is 11.6 Å². The van der Waals surface area contributed by atoms with E-state index in [1.165, 1.54) is 0 Å². The van der Waals surface area contributed by atoms with Crippen molar-refractivity contribution in [1.29, 1.82) is 0 Å². The molecular formula is C21H22N4O3. The van der Waals surface area contributed by atoms with Crippen LogP contribution in [-0.2, 0) is 6.54 Å². The van der Waals surface area contributed by atoms with E-state index in [2.05, 4.69) is 15.5 Å². The minimum absolute atomic E-state index is 0.255. The molecule has 0 saturated carbocycles. The molecule has 0 aliphatic rings. The molecule has 144 valence electrons. The topological polar surface area (TPSA) is 76.6 Å². The maximum absolute atomic E-state index is 12.4. The third-order valence-corrected chi connectivity index (χ3v) is 4.27. The monoisotopic (exact) mass is 378 g/mol. The Balaban J connectivity index is 1.63. The van der Waals surface area contributed by atoms with Gasteiger partial charge in [-0.3, -0.25) is 4.79 Å². The van der Waals surface area contributed by atoms with Crippen LogP contribution in [0.4, 0.5) is 11.5 Å². The average molecular weight is 378 g/mol. The summed E-state index contributed by atoms with van der Waals surface area (Å²) in [5, 5.41) is 11.0. The number of amides is 1. The van der Waals surface area contributed by atoms with Crippen molar-refractivity contribution in [3.8, 4) is 11.5 Å². The molecule has 0 radical (unpaired) electrons. The minimum Gasteiger partial charge on any atom is -0.493 e. The first-order valence-electron chi connectivity index (χ1n) is 8.74. The minimum atomic E-state index is -0.295. The number of anilines is 2. The number of carbonyl (C=O) groups excluding carboxylic acids is 1. The van der Waals surface area contributed by atoms with Crippen LogP contribution in [0.2, 0.25) is 0 Å². The normalized spacial score (nSPS) is 10.2. The van der Waals surface area contributed by atoms with Gasteiger partial charge in [0.15, 0.2) is 23.0 Å². The van der Waals surface area contributed by atoms with Gasteiger partial charge in [0.05, 0.1) is 14.2 Å². The number of aromatic nitrogens is 2. The number of benzene rings is 2. The summed E-state index contributed by atoms with van der Waals surface area (Å²) in [4.78, 5) is 14.3. The summed E-state index contributed by atoms with van der Waals surface area (Å²) in [5.74, 6) is 1.61. The lowest BCUT2D eigenvalue weighted by atomic mass is 10.2. The lowest BCUT2D eigenvalue weighted by Crippen LogP contribution is -2.24. The maximum Gasteiger partial charge on any atom is 0.272 e. The predicted octanol–water partition coefficient (Wildman–Crippen LogP) is 3.19. The van der Waals surface area contributed by atoms with Crippen molar-refractivity contribution in [2.75, 3.05) is 26.2 Å². The van der Waals surface area contributed by atoms with E-state index in [0.717, 1.165) is 11.3 Å². The van der Waals surface area contributed by atoms with Crippen LogP contribution >= 0.6 is 0 Å². The Morgan fingerprint density at radius 2 is 1.71 bits per heavy atom. The van der Waals surface area contributed by atoms with Crippen LogP contribution in [0.3, 0.4) is 0 Å². The molecule has 0 aliphatic carbocycles. The van der Waals surface area contributed by atoms with Crippen LogP contribution in [-0.4, -0.2) is 37.4 Å². The van der Waals surface area contributed by atoms with Crippen LogP contribution < -0.4 is 19.7 Å². The van der Waals surface area contributed by atoms with Crippen LogP contribution in [0, 0.1) is 0 Å². The average Bonchev–Trinajstić information content (AvgIpc) is 2.77. The highest BCUT2D eigenvalue weighted by Gasteiger charge is 2.11. The molecule has 0 saturated heterocycles. The van der Waals surface area contributed by atoms with Crippen LogP contribution in [0.25, 0.3) is 0 Å². The first kappa shape index (κ1) is 19.2. The van der Waals surface area contributed by atoms with E-state index in [9.17, 15) is 4.79 Å². The Bertz CT molecular complexity index is 930. The second-order valence-corrected chi connectivity index (χ2v) is 6.04. The van der Waals surface area contributed by atoms with Crippen molar-refractivity contribution in [1.82, 2.24) is 15.5 Å². The standard InChI is InChI=1S/C21H22N4O3/c1-25(16-7-5-4-6-8-16)20-12-10-17(23-24-20)21(26)22-14-15-9-11-18(27-2)19(13-15)28-3/h4-13H,14H2,1-3H3,(H,22,26). The van der Waals surface area contributed by atoms with Crippen LogP contribution in [0.15, 0.2) is 60.7 Å². The Morgan fingerprint density at radius 3 is 2.36 bits per heavy atom. The molecule has 3 rings (SSSR count). The number of methoxy groups -OCH3 is 2. The number of carbonyl (C=O) groups is 1. The van der Waals surface area contributed by atoms with Crippen molar-refractivity contribution in [3.05, 3.63) is 71.9 Å².